The summed E-state index contributed by atoms with van der Waals surface area (Å²) in [4.78, 5) is 41.4. The van der Waals surface area contributed by atoms with Gasteiger partial charge in [-0.05, 0) is 61.1 Å². The number of hydrogen-bond donors (Lipinski definition) is 3. The predicted octanol–water partition coefficient (Wildman–Crippen LogP) is 2.48. The van der Waals surface area contributed by atoms with E-state index in [1.165, 1.54) is 27.9 Å². The molecule has 12 heteroatoms. The lowest BCUT2D eigenvalue weighted by molar-refractivity contribution is -0.303. The lowest BCUT2D eigenvalue weighted by Gasteiger charge is -2.48. The zero-order valence-corrected chi connectivity index (χ0v) is 29.3. The van der Waals surface area contributed by atoms with Crippen molar-refractivity contribution in [2.75, 3.05) is 21.2 Å². The second-order valence-electron chi connectivity index (χ2n) is 14.0. The SMILES string of the molecule is CCC[C@H]1OC(=O)[C@H](C)[C@@H](O)[C@H](C)[C@@H](OC2OC(C)CC(N(C)C)C2OC(C)=O)[C@](C)(OC)C[C@@H](C)C(=O)[C@H](C)[C@@H](O)[C@]1(C)O. The summed E-state index contributed by atoms with van der Waals surface area (Å²) in [5, 5.41) is 34.4. The van der Waals surface area contributed by atoms with Crippen LogP contribution in [0, 0.1) is 23.7 Å². The maximum atomic E-state index is 13.8. The average Bonchev–Trinajstić information content (AvgIpc) is 2.97. The van der Waals surface area contributed by atoms with Crippen LogP contribution < -0.4 is 0 Å². The lowest BCUT2D eigenvalue weighted by atomic mass is 9.74. The molecule has 0 amide bonds. The molecule has 0 bridgehead atoms. The van der Waals surface area contributed by atoms with Crippen molar-refractivity contribution in [3.8, 4) is 0 Å². The van der Waals surface area contributed by atoms with E-state index in [4.69, 9.17) is 23.7 Å². The third kappa shape index (κ3) is 9.03. The molecule has 2 fully saturated rings. The number of ether oxygens (including phenoxy) is 5. The monoisotopic (exact) mass is 645 g/mol. The molecule has 2 aliphatic heterocycles. The fourth-order valence-corrected chi connectivity index (χ4v) is 7.01. The maximum Gasteiger partial charge on any atom is 0.311 e. The zero-order valence-electron chi connectivity index (χ0n) is 29.3. The van der Waals surface area contributed by atoms with Crippen LogP contribution in [0.15, 0.2) is 0 Å². The summed E-state index contributed by atoms with van der Waals surface area (Å²) in [5.41, 5.74) is -3.17. The third-order valence-electron chi connectivity index (χ3n) is 9.98. The van der Waals surface area contributed by atoms with Gasteiger partial charge in [-0.3, -0.25) is 14.4 Å². The Balaban J connectivity index is 2.68. The van der Waals surface area contributed by atoms with Crippen LogP contribution in [0.3, 0.4) is 0 Å². The minimum atomic E-state index is -1.93. The number of carbonyl (C=O) groups is 3. The maximum absolute atomic E-state index is 13.8. The predicted molar refractivity (Wildman–Crippen MR) is 166 cm³/mol. The van der Waals surface area contributed by atoms with Crippen LogP contribution in [-0.4, -0.2) is 119 Å². The number of aliphatic hydroxyl groups is 3. The molecule has 4 unspecified atom stereocenters. The van der Waals surface area contributed by atoms with Crippen LogP contribution in [0.4, 0.5) is 0 Å². The first-order valence-electron chi connectivity index (χ1n) is 16.3. The van der Waals surface area contributed by atoms with Gasteiger partial charge < -0.3 is 43.9 Å². The molecule has 0 saturated carbocycles. The van der Waals surface area contributed by atoms with Gasteiger partial charge in [0.25, 0.3) is 0 Å². The second kappa shape index (κ2) is 16.0. The number of aliphatic hydroxyl groups excluding tert-OH is 2. The van der Waals surface area contributed by atoms with Crippen LogP contribution in [-0.2, 0) is 38.1 Å². The molecular formula is C33H59NO11. The van der Waals surface area contributed by atoms with E-state index in [-0.39, 0.29) is 30.8 Å². The van der Waals surface area contributed by atoms with Crippen LogP contribution in [0.1, 0.15) is 88.0 Å². The number of hydrogen-bond acceptors (Lipinski definition) is 12. The summed E-state index contributed by atoms with van der Waals surface area (Å²) in [5.74, 6) is -5.13. The number of methoxy groups -OCH3 is 1. The van der Waals surface area contributed by atoms with E-state index in [1.54, 1.807) is 27.7 Å². The first kappa shape index (κ1) is 39.5. The van der Waals surface area contributed by atoms with Crippen molar-refractivity contribution >= 4 is 17.7 Å². The van der Waals surface area contributed by atoms with E-state index >= 15 is 0 Å². The molecule has 0 aromatic carbocycles. The molecule has 2 rings (SSSR count). The summed E-state index contributed by atoms with van der Waals surface area (Å²) in [6, 6.07) is -0.241. The lowest BCUT2D eigenvalue weighted by Crippen LogP contribution is -2.61. The van der Waals surface area contributed by atoms with Crippen LogP contribution >= 0.6 is 0 Å². The molecule has 0 radical (unpaired) electrons. The van der Waals surface area contributed by atoms with Crippen LogP contribution in [0.2, 0.25) is 0 Å². The fourth-order valence-electron chi connectivity index (χ4n) is 7.01. The van der Waals surface area contributed by atoms with E-state index in [9.17, 15) is 29.7 Å². The highest BCUT2D eigenvalue weighted by atomic mass is 16.7. The van der Waals surface area contributed by atoms with E-state index in [0.717, 1.165) is 0 Å². The van der Waals surface area contributed by atoms with E-state index in [1.807, 2.05) is 32.8 Å². The Labute approximate surface area is 269 Å². The van der Waals surface area contributed by atoms with Gasteiger partial charge in [-0.25, -0.2) is 0 Å². The summed E-state index contributed by atoms with van der Waals surface area (Å²) >= 11 is 0. The van der Waals surface area contributed by atoms with Crippen LogP contribution in [0.25, 0.3) is 0 Å². The molecule has 0 spiro atoms. The Morgan fingerprint density at radius 1 is 1.07 bits per heavy atom. The number of nitrogens with zero attached hydrogens (tertiary/aromatic N) is 1. The number of likely N-dealkylation sites (N-methyl/N-ethyl adjacent to an activating group) is 1. The Bertz CT molecular complexity index is 1010. The fraction of sp³-hybridized carbons (Fsp3) is 0.909. The van der Waals surface area contributed by atoms with Gasteiger partial charge in [-0.2, -0.15) is 0 Å². The van der Waals surface area contributed by atoms with Gasteiger partial charge >= 0.3 is 11.9 Å². The van der Waals surface area contributed by atoms with Gasteiger partial charge in [0, 0.05) is 31.8 Å². The Morgan fingerprint density at radius 3 is 2.18 bits per heavy atom. The topological polar surface area (TPSA) is 161 Å². The zero-order chi connectivity index (χ0) is 34.6. The van der Waals surface area contributed by atoms with Crippen molar-refractivity contribution in [3.63, 3.8) is 0 Å². The van der Waals surface area contributed by atoms with Crippen molar-refractivity contribution in [1.82, 2.24) is 4.90 Å². The van der Waals surface area contributed by atoms with Gasteiger partial charge in [0.2, 0.25) is 0 Å². The summed E-state index contributed by atoms with van der Waals surface area (Å²) in [6.45, 7) is 14.7. The molecule has 2 aliphatic rings. The Kier molecular flexibility index (Phi) is 14.0. The summed E-state index contributed by atoms with van der Waals surface area (Å²) in [7, 11) is 5.23. The smallest absolute Gasteiger partial charge is 0.311 e. The molecule has 14 atom stereocenters. The number of carbonyl (C=O) groups excluding carboxylic acids is 3. The van der Waals surface area contributed by atoms with Gasteiger partial charge in [0.1, 0.15) is 17.5 Å². The van der Waals surface area contributed by atoms with Crippen LogP contribution in [0.5, 0.6) is 0 Å². The standard InChI is InChI=1S/C33H59NO11/c1-13-14-24-33(9,40)28(38)19(4)25(36)17(2)16-32(8,41-12)29(20(5)26(37)21(6)30(39)44-24)45-31-27(43-22(7)35)23(34(10)11)15-18(3)42-31/h17-21,23-24,26-29,31,37-38,40H,13-16H2,1-12H3/t17-,18?,19+,20+,21-,23?,24-,26+,27?,28-,29-,31?,32-,33-/m1/s1. The molecular weight excluding hydrogens is 586 g/mol. The normalized spacial score (nSPS) is 44.3. The Hall–Kier alpha value is -1.67. The highest BCUT2D eigenvalue weighted by Gasteiger charge is 2.52. The third-order valence-corrected chi connectivity index (χ3v) is 9.98. The molecule has 0 aromatic rings. The molecule has 12 nitrogen and oxygen atoms in total. The first-order valence-corrected chi connectivity index (χ1v) is 16.3. The number of cyclic esters (lactones) is 1. The van der Waals surface area contributed by atoms with Gasteiger partial charge in [0.15, 0.2) is 12.4 Å². The van der Waals surface area contributed by atoms with Crippen molar-refractivity contribution in [3.05, 3.63) is 0 Å². The van der Waals surface area contributed by atoms with Crippen molar-refractivity contribution < 1.29 is 53.4 Å². The Morgan fingerprint density at radius 2 is 1.67 bits per heavy atom. The van der Waals surface area contributed by atoms with Gasteiger partial charge in [-0.1, -0.05) is 34.1 Å². The highest BCUT2D eigenvalue weighted by Crippen LogP contribution is 2.39. The number of rotatable bonds is 7. The first-order chi connectivity index (χ1) is 20.7. The quantitative estimate of drug-likeness (QED) is 0.348. The molecule has 3 N–H and O–H groups in total. The largest absolute Gasteiger partial charge is 0.459 e. The molecule has 262 valence electrons. The summed E-state index contributed by atoms with van der Waals surface area (Å²) < 4.78 is 30.5. The molecule has 2 heterocycles. The van der Waals surface area contributed by atoms with Crippen molar-refractivity contribution in [2.45, 2.75) is 148 Å². The average molecular weight is 646 g/mol. The summed E-state index contributed by atoms with van der Waals surface area (Å²) in [6.07, 6.45) is -5.64. The number of Topliss-reactive ketones (excluding diaryl/α,β-unsaturated/α-hetero) is 1. The number of ketones is 1. The molecule has 2 saturated heterocycles. The minimum absolute atomic E-state index is 0.109. The number of esters is 2. The molecule has 45 heavy (non-hydrogen) atoms. The van der Waals surface area contributed by atoms with Crippen molar-refractivity contribution in [2.24, 2.45) is 23.7 Å². The van der Waals surface area contributed by atoms with Gasteiger partial charge in [-0.15, -0.1) is 0 Å². The van der Waals surface area contributed by atoms with E-state index in [2.05, 4.69) is 0 Å². The molecule has 0 aromatic heterocycles. The minimum Gasteiger partial charge on any atom is -0.459 e. The van der Waals surface area contributed by atoms with Gasteiger partial charge in [0.05, 0.1) is 42.0 Å². The highest BCUT2D eigenvalue weighted by molar-refractivity contribution is 5.83. The molecule has 0 aliphatic carbocycles. The second-order valence-corrected chi connectivity index (χ2v) is 14.0. The van der Waals surface area contributed by atoms with E-state index in [0.29, 0.717) is 12.8 Å². The van der Waals surface area contributed by atoms with Crippen molar-refractivity contribution in [1.29, 1.82) is 0 Å². The van der Waals surface area contributed by atoms with E-state index < -0.39 is 83.6 Å².